The summed E-state index contributed by atoms with van der Waals surface area (Å²) in [5, 5.41) is 14.1. The first-order chi connectivity index (χ1) is 15.4. The topological polar surface area (TPSA) is 146 Å². The second-order valence-electron chi connectivity index (χ2n) is 8.09. The van der Waals surface area contributed by atoms with Crippen molar-refractivity contribution in [1.29, 1.82) is 0 Å². The predicted molar refractivity (Wildman–Crippen MR) is 120 cm³/mol. The number of aliphatic hydroxyl groups is 1. The summed E-state index contributed by atoms with van der Waals surface area (Å²) in [6, 6.07) is 7.36. The van der Waals surface area contributed by atoms with Gasteiger partial charge in [0.05, 0.1) is 11.1 Å². The zero-order valence-electron chi connectivity index (χ0n) is 17.6. The molecule has 0 radical (unpaired) electrons. The van der Waals surface area contributed by atoms with E-state index < -0.39 is 16.1 Å². The molecule has 1 aromatic carbocycles. The fourth-order valence-corrected chi connectivity index (χ4v) is 5.56. The van der Waals surface area contributed by atoms with Gasteiger partial charge in [0.25, 0.3) is 0 Å². The van der Waals surface area contributed by atoms with Gasteiger partial charge in [0.15, 0.2) is 0 Å². The molecule has 0 saturated carbocycles. The second kappa shape index (κ2) is 9.31. The number of nitrogens with two attached hydrogens (primary N) is 1. The number of carbonyl (C=O) groups excluding carboxylic acids is 1. The van der Waals surface area contributed by atoms with E-state index in [1.165, 1.54) is 6.07 Å². The quantitative estimate of drug-likeness (QED) is 0.393. The van der Waals surface area contributed by atoms with Crippen LogP contribution in [0.25, 0.3) is 10.9 Å². The molecule has 1 atom stereocenters. The van der Waals surface area contributed by atoms with Gasteiger partial charge in [-0.1, -0.05) is 6.07 Å². The number of nitrogen functional groups attached to an aromatic ring is 1. The van der Waals surface area contributed by atoms with Crippen molar-refractivity contribution in [3.05, 3.63) is 42.7 Å². The molecule has 0 aliphatic carbocycles. The average molecular weight is 461 g/mol. The number of fused-ring (bicyclic) bond motifs is 1. The van der Waals surface area contributed by atoms with E-state index in [1.807, 2.05) is 0 Å². The third kappa shape index (κ3) is 4.64. The molecule has 11 heteroatoms. The van der Waals surface area contributed by atoms with Gasteiger partial charge in [-0.05, 0) is 49.4 Å². The molecule has 5 N–H and O–H groups in total. The lowest BCUT2D eigenvalue weighted by atomic mass is 9.97. The first kappa shape index (κ1) is 22.3. The Hall–Kier alpha value is -2.89. The molecule has 1 fully saturated rings. The molecule has 4 rings (SSSR count). The summed E-state index contributed by atoms with van der Waals surface area (Å²) in [5.74, 6) is 0.334. The number of aromatic nitrogens is 3. The van der Waals surface area contributed by atoms with E-state index in [1.54, 1.807) is 46.2 Å². The Balaban J connectivity index is 1.57. The Labute approximate surface area is 186 Å². The van der Waals surface area contributed by atoms with E-state index in [9.17, 15) is 18.3 Å². The van der Waals surface area contributed by atoms with E-state index in [-0.39, 0.29) is 29.7 Å². The predicted octanol–water partition coefficient (Wildman–Crippen LogP) is 0.915. The number of carbonyl (C=O) groups is 1. The standard InChI is InChI=1S/C21H28N6O4S/c22-20-5-10-24-27(20)13-8-18(21(29)26-11-6-15(14-28)7-12-26)25-32(30,31)19-3-1-2-17-16(19)4-9-23-17/h1-5,9-10,15,18,23,25,28H,6-8,11-14,22H2. The van der Waals surface area contributed by atoms with Crippen LogP contribution in [0.15, 0.2) is 47.6 Å². The van der Waals surface area contributed by atoms with Gasteiger partial charge in [0.2, 0.25) is 15.9 Å². The number of nitrogens with one attached hydrogen (secondary N) is 2. The molecular formula is C21H28N6O4S. The number of aromatic amines is 1. The molecule has 172 valence electrons. The highest BCUT2D eigenvalue weighted by molar-refractivity contribution is 7.89. The molecule has 32 heavy (non-hydrogen) atoms. The number of H-pyrrole nitrogens is 1. The van der Waals surface area contributed by atoms with Gasteiger partial charge in [0, 0.05) is 43.3 Å². The molecule has 1 unspecified atom stereocenters. The largest absolute Gasteiger partial charge is 0.396 e. The maximum absolute atomic E-state index is 13.3. The van der Waals surface area contributed by atoms with Crippen molar-refractivity contribution in [3.8, 4) is 0 Å². The number of sulfonamides is 1. The Bertz CT molecular complexity index is 1180. The van der Waals surface area contributed by atoms with Crippen LogP contribution >= 0.6 is 0 Å². The zero-order valence-corrected chi connectivity index (χ0v) is 18.5. The highest BCUT2D eigenvalue weighted by Crippen LogP contribution is 2.23. The maximum atomic E-state index is 13.3. The van der Waals surface area contributed by atoms with E-state index in [0.29, 0.717) is 49.2 Å². The normalized spacial score (nSPS) is 16.5. The van der Waals surface area contributed by atoms with Gasteiger partial charge in [-0.2, -0.15) is 9.82 Å². The summed E-state index contributed by atoms with van der Waals surface area (Å²) >= 11 is 0. The highest BCUT2D eigenvalue weighted by Gasteiger charge is 2.32. The molecule has 0 bridgehead atoms. The molecule has 3 heterocycles. The number of hydrogen-bond donors (Lipinski definition) is 4. The van der Waals surface area contributed by atoms with Crippen molar-refractivity contribution >= 4 is 32.7 Å². The van der Waals surface area contributed by atoms with Crippen molar-refractivity contribution in [3.63, 3.8) is 0 Å². The Morgan fingerprint density at radius 3 is 2.75 bits per heavy atom. The van der Waals surface area contributed by atoms with Crippen LogP contribution in [0, 0.1) is 5.92 Å². The minimum atomic E-state index is -3.97. The fraction of sp³-hybridized carbons (Fsp3) is 0.429. The number of piperidine rings is 1. The number of aryl methyl sites for hydroxylation is 1. The molecule has 1 aliphatic rings. The Morgan fingerprint density at radius 2 is 2.06 bits per heavy atom. The van der Waals surface area contributed by atoms with E-state index in [4.69, 9.17) is 5.73 Å². The summed E-state index contributed by atoms with van der Waals surface area (Å²) in [4.78, 5) is 18.1. The van der Waals surface area contributed by atoms with Crippen LogP contribution in [0.3, 0.4) is 0 Å². The summed E-state index contributed by atoms with van der Waals surface area (Å²) < 4.78 is 30.8. The molecule has 0 spiro atoms. The summed E-state index contributed by atoms with van der Waals surface area (Å²) in [6.45, 7) is 1.36. The number of hydrogen-bond acceptors (Lipinski definition) is 6. The first-order valence-electron chi connectivity index (χ1n) is 10.6. The lowest BCUT2D eigenvalue weighted by Gasteiger charge is -2.33. The molecule has 1 amide bonds. The smallest absolute Gasteiger partial charge is 0.241 e. The number of nitrogens with zero attached hydrogens (tertiary/aromatic N) is 3. The number of rotatable bonds is 8. The van der Waals surface area contributed by atoms with Crippen LogP contribution < -0.4 is 10.5 Å². The van der Waals surface area contributed by atoms with E-state index >= 15 is 0 Å². The third-order valence-corrected chi connectivity index (χ3v) is 7.53. The highest BCUT2D eigenvalue weighted by atomic mass is 32.2. The Morgan fingerprint density at radius 1 is 1.28 bits per heavy atom. The summed E-state index contributed by atoms with van der Waals surface area (Å²) in [7, 11) is -3.97. The number of aliphatic hydroxyl groups excluding tert-OH is 1. The minimum absolute atomic E-state index is 0.0946. The van der Waals surface area contributed by atoms with Gasteiger partial charge < -0.3 is 20.7 Å². The second-order valence-corrected chi connectivity index (χ2v) is 9.77. The Kier molecular flexibility index (Phi) is 6.49. The summed E-state index contributed by atoms with van der Waals surface area (Å²) in [6.07, 6.45) is 4.82. The van der Waals surface area contributed by atoms with E-state index in [2.05, 4.69) is 14.8 Å². The maximum Gasteiger partial charge on any atom is 0.241 e. The number of anilines is 1. The lowest BCUT2D eigenvalue weighted by molar-refractivity contribution is -0.134. The number of likely N-dealkylation sites (tertiary alicyclic amines) is 1. The van der Waals surface area contributed by atoms with Crippen LogP contribution in [0.1, 0.15) is 19.3 Å². The van der Waals surface area contributed by atoms with Crippen LogP contribution in [0.2, 0.25) is 0 Å². The van der Waals surface area contributed by atoms with Crippen molar-refractivity contribution in [2.45, 2.75) is 36.7 Å². The van der Waals surface area contributed by atoms with Gasteiger partial charge in [0.1, 0.15) is 11.9 Å². The lowest BCUT2D eigenvalue weighted by Crippen LogP contribution is -2.51. The van der Waals surface area contributed by atoms with Crippen molar-refractivity contribution in [2.24, 2.45) is 5.92 Å². The minimum Gasteiger partial charge on any atom is -0.396 e. The van der Waals surface area contributed by atoms with Gasteiger partial charge in [-0.3, -0.25) is 9.48 Å². The average Bonchev–Trinajstić information content (AvgIpc) is 3.44. The number of benzene rings is 1. The third-order valence-electron chi connectivity index (χ3n) is 6.00. The molecule has 1 saturated heterocycles. The van der Waals surface area contributed by atoms with Crippen LogP contribution in [-0.4, -0.2) is 64.8 Å². The molecular weight excluding hydrogens is 432 g/mol. The van der Waals surface area contributed by atoms with Crippen molar-refractivity contribution in [2.75, 3.05) is 25.4 Å². The van der Waals surface area contributed by atoms with Crippen LogP contribution in [0.5, 0.6) is 0 Å². The van der Waals surface area contributed by atoms with Crippen molar-refractivity contribution < 1.29 is 18.3 Å². The first-order valence-corrected chi connectivity index (χ1v) is 12.1. The molecule has 3 aromatic rings. The van der Waals surface area contributed by atoms with Crippen molar-refractivity contribution in [1.82, 2.24) is 24.4 Å². The van der Waals surface area contributed by atoms with Crippen LogP contribution in [-0.2, 0) is 21.4 Å². The van der Waals surface area contributed by atoms with Gasteiger partial charge >= 0.3 is 0 Å². The molecule has 10 nitrogen and oxygen atoms in total. The molecule has 1 aliphatic heterocycles. The molecule has 2 aromatic heterocycles. The number of amides is 1. The van der Waals surface area contributed by atoms with Crippen LogP contribution in [0.4, 0.5) is 5.82 Å². The fourth-order valence-electron chi connectivity index (χ4n) is 4.11. The monoisotopic (exact) mass is 460 g/mol. The van der Waals surface area contributed by atoms with Gasteiger partial charge in [-0.25, -0.2) is 8.42 Å². The van der Waals surface area contributed by atoms with E-state index in [0.717, 1.165) is 0 Å². The van der Waals surface area contributed by atoms with Gasteiger partial charge in [-0.15, -0.1) is 0 Å². The zero-order chi connectivity index (χ0) is 22.7. The summed E-state index contributed by atoms with van der Waals surface area (Å²) in [5.41, 5.74) is 6.58. The SMILES string of the molecule is Nc1ccnn1CCC(NS(=O)(=O)c1cccc2[nH]ccc12)C(=O)N1CCC(CO)CC1.